The van der Waals surface area contributed by atoms with Gasteiger partial charge in [-0.2, -0.15) is 13.2 Å². The Kier molecular flexibility index (Phi) is 5.51. The monoisotopic (exact) mass is 320 g/mol. The van der Waals surface area contributed by atoms with Gasteiger partial charge < -0.3 is 5.32 Å². The van der Waals surface area contributed by atoms with E-state index in [2.05, 4.69) is 10.3 Å². The fourth-order valence-electron chi connectivity index (χ4n) is 1.87. The van der Waals surface area contributed by atoms with Crippen LogP contribution in [0.4, 0.5) is 13.2 Å². The molecule has 0 saturated carbocycles. The van der Waals surface area contributed by atoms with Gasteiger partial charge in [0, 0.05) is 30.9 Å². The van der Waals surface area contributed by atoms with E-state index in [-0.39, 0.29) is 5.91 Å². The van der Waals surface area contributed by atoms with E-state index in [1.165, 1.54) is 24.3 Å². The van der Waals surface area contributed by atoms with Crippen LogP contribution in [-0.2, 0) is 17.4 Å². The number of carbonyl (C=O) groups is 1. The van der Waals surface area contributed by atoms with Gasteiger partial charge in [0.1, 0.15) is 0 Å². The number of hydrogen-bond donors (Lipinski definition) is 1. The van der Waals surface area contributed by atoms with Crippen LogP contribution in [0.3, 0.4) is 0 Å². The van der Waals surface area contributed by atoms with Gasteiger partial charge in [-0.25, -0.2) is 0 Å². The lowest BCUT2D eigenvalue weighted by atomic mass is 10.1. The zero-order valence-corrected chi connectivity index (χ0v) is 12.2. The van der Waals surface area contributed by atoms with Crippen molar-refractivity contribution in [3.63, 3.8) is 0 Å². The molecule has 0 bridgehead atoms. The summed E-state index contributed by atoms with van der Waals surface area (Å²) >= 11 is 0. The van der Waals surface area contributed by atoms with Crippen molar-refractivity contribution in [1.82, 2.24) is 10.3 Å². The lowest BCUT2D eigenvalue weighted by molar-refractivity contribution is -0.137. The summed E-state index contributed by atoms with van der Waals surface area (Å²) in [5, 5.41) is 2.69. The van der Waals surface area contributed by atoms with E-state index < -0.39 is 11.7 Å². The number of rotatable bonds is 5. The average molecular weight is 320 g/mol. The highest BCUT2D eigenvalue weighted by Crippen LogP contribution is 2.29. The first-order valence-corrected chi connectivity index (χ1v) is 6.98. The van der Waals surface area contributed by atoms with Crippen LogP contribution < -0.4 is 5.32 Å². The second kappa shape index (κ2) is 7.58. The minimum atomic E-state index is -4.36. The summed E-state index contributed by atoms with van der Waals surface area (Å²) in [5.74, 6) is -0.305. The maximum absolute atomic E-state index is 12.4. The van der Waals surface area contributed by atoms with Crippen LogP contribution in [0.1, 0.15) is 16.8 Å². The van der Waals surface area contributed by atoms with Gasteiger partial charge in [0.15, 0.2) is 0 Å². The summed E-state index contributed by atoms with van der Waals surface area (Å²) in [7, 11) is 0. The lowest BCUT2D eigenvalue weighted by Gasteiger charge is -2.06. The first-order chi connectivity index (χ1) is 10.9. The summed E-state index contributed by atoms with van der Waals surface area (Å²) in [5.41, 5.74) is 0.687. The average Bonchev–Trinajstić information content (AvgIpc) is 2.53. The third-order valence-corrected chi connectivity index (χ3v) is 3.07. The van der Waals surface area contributed by atoms with E-state index in [0.29, 0.717) is 18.5 Å². The zero-order chi connectivity index (χ0) is 16.7. The highest BCUT2D eigenvalue weighted by molar-refractivity contribution is 5.91. The predicted molar refractivity (Wildman–Crippen MR) is 81.4 cm³/mol. The molecule has 0 spiro atoms. The normalized spacial score (nSPS) is 11.6. The number of nitrogens with zero attached hydrogens (tertiary/aromatic N) is 1. The highest BCUT2D eigenvalue weighted by atomic mass is 19.4. The minimum absolute atomic E-state index is 0.305. The molecule has 0 aliphatic carbocycles. The molecule has 6 heteroatoms. The molecule has 0 saturated heterocycles. The summed E-state index contributed by atoms with van der Waals surface area (Å²) in [6.07, 6.45) is 0.699. The summed E-state index contributed by atoms with van der Waals surface area (Å²) in [4.78, 5) is 15.8. The Bertz CT molecular complexity index is 664. The third kappa shape index (κ3) is 5.58. The molecule has 0 fully saturated rings. The van der Waals surface area contributed by atoms with Crippen LogP contribution in [0.25, 0.3) is 6.08 Å². The summed E-state index contributed by atoms with van der Waals surface area (Å²) in [6, 6.07) is 10.2. The van der Waals surface area contributed by atoms with Crippen molar-refractivity contribution in [3.05, 3.63) is 71.6 Å². The van der Waals surface area contributed by atoms with Gasteiger partial charge in [0.2, 0.25) is 5.91 Å². The maximum atomic E-state index is 12.4. The summed E-state index contributed by atoms with van der Waals surface area (Å²) < 4.78 is 37.3. The topological polar surface area (TPSA) is 42.0 Å². The Labute approximate surface area is 131 Å². The standard InChI is InChI=1S/C17H15F3N2O/c18-17(19,20)14-7-4-13(5-8-14)6-9-16(23)22-12-10-15-3-1-2-11-21-15/h1-9,11H,10,12H2,(H,22,23)/b9-6+. The Hall–Kier alpha value is -2.63. The molecular weight excluding hydrogens is 305 g/mol. The van der Waals surface area contributed by atoms with Gasteiger partial charge in [-0.05, 0) is 35.9 Å². The first kappa shape index (κ1) is 16.7. The van der Waals surface area contributed by atoms with Gasteiger partial charge in [0.25, 0.3) is 0 Å². The van der Waals surface area contributed by atoms with Crippen molar-refractivity contribution in [3.8, 4) is 0 Å². The van der Waals surface area contributed by atoms with E-state index >= 15 is 0 Å². The van der Waals surface area contributed by atoms with Crippen LogP contribution in [0.15, 0.2) is 54.7 Å². The van der Waals surface area contributed by atoms with E-state index in [9.17, 15) is 18.0 Å². The molecule has 2 aromatic rings. The lowest BCUT2D eigenvalue weighted by Crippen LogP contribution is -2.23. The number of alkyl halides is 3. The van der Waals surface area contributed by atoms with Gasteiger partial charge in [-0.1, -0.05) is 18.2 Å². The number of halogens is 3. The Morgan fingerprint density at radius 2 is 1.87 bits per heavy atom. The second-order valence-corrected chi connectivity index (χ2v) is 4.82. The smallest absolute Gasteiger partial charge is 0.352 e. The zero-order valence-electron chi connectivity index (χ0n) is 12.2. The quantitative estimate of drug-likeness (QED) is 0.857. The fourth-order valence-corrected chi connectivity index (χ4v) is 1.87. The van der Waals surface area contributed by atoms with Gasteiger partial charge in [-0.3, -0.25) is 9.78 Å². The van der Waals surface area contributed by atoms with Crippen LogP contribution >= 0.6 is 0 Å². The van der Waals surface area contributed by atoms with Crippen molar-refractivity contribution in [1.29, 1.82) is 0 Å². The van der Waals surface area contributed by atoms with E-state index in [0.717, 1.165) is 17.8 Å². The first-order valence-electron chi connectivity index (χ1n) is 6.98. The number of hydrogen-bond acceptors (Lipinski definition) is 2. The van der Waals surface area contributed by atoms with Crippen molar-refractivity contribution in [2.24, 2.45) is 0 Å². The van der Waals surface area contributed by atoms with Crippen LogP contribution in [-0.4, -0.2) is 17.4 Å². The molecule has 2 rings (SSSR count). The van der Waals surface area contributed by atoms with E-state index in [1.807, 2.05) is 18.2 Å². The molecule has 1 aromatic carbocycles. The van der Waals surface area contributed by atoms with E-state index in [4.69, 9.17) is 0 Å². The Morgan fingerprint density at radius 3 is 2.48 bits per heavy atom. The molecule has 3 nitrogen and oxygen atoms in total. The predicted octanol–water partition coefficient (Wildman–Crippen LogP) is 3.47. The molecule has 0 unspecified atom stereocenters. The fraction of sp³-hybridized carbons (Fsp3) is 0.176. The number of carbonyl (C=O) groups excluding carboxylic acids is 1. The molecule has 23 heavy (non-hydrogen) atoms. The molecule has 0 atom stereocenters. The van der Waals surface area contributed by atoms with Crippen molar-refractivity contribution < 1.29 is 18.0 Å². The van der Waals surface area contributed by atoms with Gasteiger partial charge >= 0.3 is 6.18 Å². The van der Waals surface area contributed by atoms with Crippen molar-refractivity contribution >= 4 is 12.0 Å². The molecule has 1 aromatic heterocycles. The van der Waals surface area contributed by atoms with Crippen molar-refractivity contribution in [2.45, 2.75) is 12.6 Å². The van der Waals surface area contributed by atoms with Gasteiger partial charge in [0.05, 0.1) is 5.56 Å². The third-order valence-electron chi connectivity index (χ3n) is 3.07. The highest BCUT2D eigenvalue weighted by Gasteiger charge is 2.29. The van der Waals surface area contributed by atoms with Crippen LogP contribution in [0, 0.1) is 0 Å². The van der Waals surface area contributed by atoms with Gasteiger partial charge in [-0.15, -0.1) is 0 Å². The Balaban J connectivity index is 1.81. The molecule has 1 heterocycles. The SMILES string of the molecule is O=C(/C=C/c1ccc(C(F)(F)F)cc1)NCCc1ccccn1. The van der Waals surface area contributed by atoms with Crippen LogP contribution in [0.5, 0.6) is 0 Å². The molecule has 0 aliphatic rings. The number of aromatic nitrogens is 1. The molecular formula is C17H15F3N2O. The van der Waals surface area contributed by atoms with Crippen molar-refractivity contribution in [2.75, 3.05) is 6.54 Å². The van der Waals surface area contributed by atoms with Crippen LogP contribution in [0.2, 0.25) is 0 Å². The molecule has 1 amide bonds. The molecule has 1 N–H and O–H groups in total. The maximum Gasteiger partial charge on any atom is 0.416 e. The largest absolute Gasteiger partial charge is 0.416 e. The number of amides is 1. The molecule has 0 radical (unpaired) electrons. The number of benzene rings is 1. The molecule has 120 valence electrons. The number of pyridine rings is 1. The summed E-state index contributed by atoms with van der Waals surface area (Å²) in [6.45, 7) is 0.438. The number of nitrogens with one attached hydrogen (secondary N) is 1. The van der Waals surface area contributed by atoms with E-state index in [1.54, 1.807) is 6.20 Å². The second-order valence-electron chi connectivity index (χ2n) is 4.82. The minimum Gasteiger partial charge on any atom is -0.352 e. The molecule has 0 aliphatic heterocycles. The Morgan fingerprint density at radius 1 is 1.13 bits per heavy atom.